The van der Waals surface area contributed by atoms with E-state index in [0.29, 0.717) is 6.61 Å². The van der Waals surface area contributed by atoms with Gasteiger partial charge in [-0.15, -0.1) is 0 Å². The third kappa shape index (κ3) is 2.94. The van der Waals surface area contributed by atoms with Crippen molar-refractivity contribution in [3.05, 3.63) is 0 Å². The standard InChI is InChI=1S/C9H19N3O2/c1-10-9(13)8-7-11-3-4-12(8)5-6-14-2/h8,11H,3-7H2,1-2H3,(H,10,13). The normalized spacial score (nSPS) is 23.4. The van der Waals surface area contributed by atoms with Crippen LogP contribution in [0.25, 0.3) is 0 Å². The van der Waals surface area contributed by atoms with E-state index >= 15 is 0 Å². The molecule has 2 N–H and O–H groups in total. The summed E-state index contributed by atoms with van der Waals surface area (Å²) in [6.07, 6.45) is 0. The first-order valence-electron chi connectivity index (χ1n) is 4.95. The van der Waals surface area contributed by atoms with Crippen LogP contribution >= 0.6 is 0 Å². The highest BCUT2D eigenvalue weighted by Crippen LogP contribution is 2.02. The Labute approximate surface area is 84.8 Å². The lowest BCUT2D eigenvalue weighted by Gasteiger charge is -2.34. The van der Waals surface area contributed by atoms with Gasteiger partial charge in [0.2, 0.25) is 5.91 Å². The Balaban J connectivity index is 2.45. The number of nitrogens with one attached hydrogen (secondary N) is 2. The van der Waals surface area contributed by atoms with Crippen molar-refractivity contribution in [2.24, 2.45) is 0 Å². The highest BCUT2D eigenvalue weighted by molar-refractivity contribution is 5.81. The average molecular weight is 201 g/mol. The number of carbonyl (C=O) groups excluding carboxylic acids is 1. The van der Waals surface area contributed by atoms with Crippen LogP contribution < -0.4 is 10.6 Å². The summed E-state index contributed by atoms with van der Waals surface area (Å²) in [6.45, 7) is 4.06. The summed E-state index contributed by atoms with van der Waals surface area (Å²) in [4.78, 5) is 13.7. The van der Waals surface area contributed by atoms with E-state index in [4.69, 9.17) is 4.74 Å². The molecule has 1 aliphatic rings. The number of ether oxygens (including phenoxy) is 1. The lowest BCUT2D eigenvalue weighted by atomic mass is 10.2. The molecular formula is C9H19N3O2. The minimum atomic E-state index is -0.0519. The first-order chi connectivity index (χ1) is 6.79. The predicted molar refractivity (Wildman–Crippen MR) is 54.2 cm³/mol. The van der Waals surface area contributed by atoms with E-state index < -0.39 is 0 Å². The van der Waals surface area contributed by atoms with Gasteiger partial charge in [0.1, 0.15) is 6.04 Å². The number of hydrogen-bond acceptors (Lipinski definition) is 4. The van der Waals surface area contributed by atoms with Crippen molar-refractivity contribution >= 4 is 5.91 Å². The lowest BCUT2D eigenvalue weighted by Crippen LogP contribution is -2.57. The summed E-state index contributed by atoms with van der Waals surface area (Å²) >= 11 is 0. The topological polar surface area (TPSA) is 53.6 Å². The molecule has 14 heavy (non-hydrogen) atoms. The van der Waals surface area contributed by atoms with E-state index in [1.165, 1.54) is 0 Å². The monoisotopic (exact) mass is 201 g/mol. The van der Waals surface area contributed by atoms with Gasteiger partial charge in [-0.1, -0.05) is 0 Å². The molecule has 5 nitrogen and oxygen atoms in total. The first kappa shape index (κ1) is 11.4. The van der Waals surface area contributed by atoms with Crippen LogP contribution in [-0.2, 0) is 9.53 Å². The van der Waals surface area contributed by atoms with Crippen molar-refractivity contribution < 1.29 is 9.53 Å². The maximum Gasteiger partial charge on any atom is 0.238 e. The van der Waals surface area contributed by atoms with Crippen molar-refractivity contribution in [3.8, 4) is 0 Å². The maximum absolute atomic E-state index is 11.5. The van der Waals surface area contributed by atoms with Gasteiger partial charge in [-0.25, -0.2) is 0 Å². The number of likely N-dealkylation sites (N-methyl/N-ethyl adjacent to an activating group) is 1. The zero-order chi connectivity index (χ0) is 10.4. The summed E-state index contributed by atoms with van der Waals surface area (Å²) in [7, 11) is 3.35. The second-order valence-corrected chi connectivity index (χ2v) is 3.36. The highest BCUT2D eigenvalue weighted by Gasteiger charge is 2.27. The van der Waals surface area contributed by atoms with Crippen molar-refractivity contribution in [1.29, 1.82) is 0 Å². The van der Waals surface area contributed by atoms with Gasteiger partial charge >= 0.3 is 0 Å². The van der Waals surface area contributed by atoms with Gasteiger partial charge in [-0.05, 0) is 0 Å². The van der Waals surface area contributed by atoms with Crippen LogP contribution in [0.2, 0.25) is 0 Å². The number of amides is 1. The predicted octanol–water partition coefficient (Wildman–Crippen LogP) is -1.35. The van der Waals surface area contributed by atoms with E-state index in [1.807, 2.05) is 0 Å². The number of nitrogens with zero attached hydrogens (tertiary/aromatic N) is 1. The number of carbonyl (C=O) groups is 1. The molecule has 1 heterocycles. The third-order valence-corrected chi connectivity index (χ3v) is 2.49. The minimum absolute atomic E-state index is 0.0519. The molecule has 5 heteroatoms. The molecule has 82 valence electrons. The van der Waals surface area contributed by atoms with Crippen LogP contribution in [0.1, 0.15) is 0 Å². The zero-order valence-corrected chi connectivity index (χ0v) is 8.88. The fourth-order valence-corrected chi connectivity index (χ4v) is 1.65. The average Bonchev–Trinajstić information content (AvgIpc) is 2.25. The molecule has 1 aliphatic heterocycles. The molecule has 1 unspecified atom stereocenters. The molecule has 1 rings (SSSR count). The van der Waals surface area contributed by atoms with Crippen molar-refractivity contribution in [2.75, 3.05) is 46.9 Å². The molecular weight excluding hydrogens is 182 g/mol. The van der Waals surface area contributed by atoms with Crippen LogP contribution in [0.4, 0.5) is 0 Å². The number of piperazine rings is 1. The van der Waals surface area contributed by atoms with E-state index in [2.05, 4.69) is 15.5 Å². The zero-order valence-electron chi connectivity index (χ0n) is 8.88. The molecule has 0 bridgehead atoms. The minimum Gasteiger partial charge on any atom is -0.383 e. The van der Waals surface area contributed by atoms with Gasteiger partial charge in [-0.3, -0.25) is 9.69 Å². The Kier molecular flexibility index (Phi) is 4.86. The maximum atomic E-state index is 11.5. The van der Waals surface area contributed by atoms with Crippen LogP contribution in [0.15, 0.2) is 0 Å². The Morgan fingerprint density at radius 1 is 1.71 bits per heavy atom. The first-order valence-corrected chi connectivity index (χ1v) is 4.95. The Morgan fingerprint density at radius 3 is 3.14 bits per heavy atom. The van der Waals surface area contributed by atoms with E-state index in [9.17, 15) is 4.79 Å². The molecule has 0 aromatic rings. The van der Waals surface area contributed by atoms with Gasteiger partial charge in [0, 0.05) is 40.3 Å². The van der Waals surface area contributed by atoms with Crippen molar-refractivity contribution in [1.82, 2.24) is 15.5 Å². The van der Waals surface area contributed by atoms with Gasteiger partial charge in [0.05, 0.1) is 6.61 Å². The molecule has 0 aromatic carbocycles. The Hall–Kier alpha value is -0.650. The molecule has 0 aromatic heterocycles. The summed E-state index contributed by atoms with van der Waals surface area (Å²) in [5, 5.41) is 5.89. The van der Waals surface area contributed by atoms with E-state index in [0.717, 1.165) is 26.2 Å². The fourth-order valence-electron chi connectivity index (χ4n) is 1.65. The summed E-state index contributed by atoms with van der Waals surface area (Å²) in [5.41, 5.74) is 0. The Morgan fingerprint density at radius 2 is 2.50 bits per heavy atom. The van der Waals surface area contributed by atoms with Crippen LogP contribution in [0.3, 0.4) is 0 Å². The van der Waals surface area contributed by atoms with E-state index in [-0.39, 0.29) is 11.9 Å². The number of rotatable bonds is 4. The summed E-state index contributed by atoms with van der Waals surface area (Å²) in [5.74, 6) is 0.0771. The molecule has 1 fully saturated rings. The largest absolute Gasteiger partial charge is 0.383 e. The number of methoxy groups -OCH3 is 1. The van der Waals surface area contributed by atoms with Crippen molar-refractivity contribution in [2.45, 2.75) is 6.04 Å². The molecule has 0 radical (unpaired) electrons. The van der Waals surface area contributed by atoms with Gasteiger partial charge in [0.15, 0.2) is 0 Å². The molecule has 1 atom stereocenters. The third-order valence-electron chi connectivity index (χ3n) is 2.49. The molecule has 1 saturated heterocycles. The van der Waals surface area contributed by atoms with E-state index in [1.54, 1.807) is 14.2 Å². The summed E-state index contributed by atoms with van der Waals surface area (Å²) < 4.78 is 5.01. The van der Waals surface area contributed by atoms with Crippen molar-refractivity contribution in [3.63, 3.8) is 0 Å². The fraction of sp³-hybridized carbons (Fsp3) is 0.889. The quantitative estimate of drug-likeness (QED) is 0.591. The van der Waals surface area contributed by atoms with Gasteiger partial charge < -0.3 is 15.4 Å². The molecule has 0 aliphatic carbocycles. The summed E-state index contributed by atoms with van der Waals surface area (Å²) in [6, 6.07) is -0.0519. The molecule has 0 saturated carbocycles. The SMILES string of the molecule is CNC(=O)C1CNCCN1CCOC. The molecule has 1 amide bonds. The highest BCUT2D eigenvalue weighted by atomic mass is 16.5. The smallest absolute Gasteiger partial charge is 0.238 e. The Bertz CT molecular complexity index is 187. The number of hydrogen-bond donors (Lipinski definition) is 2. The van der Waals surface area contributed by atoms with Crippen LogP contribution in [0.5, 0.6) is 0 Å². The van der Waals surface area contributed by atoms with Gasteiger partial charge in [-0.2, -0.15) is 0 Å². The lowest BCUT2D eigenvalue weighted by molar-refractivity contribution is -0.126. The molecule has 0 spiro atoms. The van der Waals surface area contributed by atoms with Crippen LogP contribution in [-0.4, -0.2) is 63.8 Å². The van der Waals surface area contributed by atoms with Gasteiger partial charge in [0.25, 0.3) is 0 Å². The second-order valence-electron chi connectivity index (χ2n) is 3.36. The van der Waals surface area contributed by atoms with Crippen LogP contribution in [0, 0.1) is 0 Å². The second kappa shape index (κ2) is 5.95.